The third kappa shape index (κ3) is 3.69. The molecule has 0 fully saturated rings. The minimum absolute atomic E-state index is 0.0824. The van der Waals surface area contributed by atoms with Gasteiger partial charge in [-0.05, 0) is 49.9 Å². The van der Waals surface area contributed by atoms with Crippen molar-refractivity contribution in [2.45, 2.75) is 32.7 Å². The fourth-order valence-corrected chi connectivity index (χ4v) is 1.84. The summed E-state index contributed by atoms with van der Waals surface area (Å²) in [4.78, 5) is 0. The van der Waals surface area contributed by atoms with Crippen molar-refractivity contribution >= 4 is 11.6 Å². The normalized spacial score (nSPS) is 12.5. The number of rotatable bonds is 4. The van der Waals surface area contributed by atoms with Crippen molar-refractivity contribution in [3.63, 3.8) is 0 Å². The number of halogens is 1. The summed E-state index contributed by atoms with van der Waals surface area (Å²) in [6.07, 6.45) is 1.92. The van der Waals surface area contributed by atoms with Crippen LogP contribution >= 0.6 is 11.6 Å². The Hall–Kier alpha value is -0.790. The summed E-state index contributed by atoms with van der Waals surface area (Å²) < 4.78 is 0. The lowest BCUT2D eigenvalue weighted by Gasteiger charge is -2.14. The van der Waals surface area contributed by atoms with Gasteiger partial charge in [-0.2, -0.15) is 0 Å². The molecule has 0 spiro atoms. The maximum atomic E-state index is 6.11. The number of nitrogens with two attached hydrogens (primary N) is 1. The van der Waals surface area contributed by atoms with Gasteiger partial charge in [0.2, 0.25) is 0 Å². The van der Waals surface area contributed by atoms with Crippen LogP contribution in [0.1, 0.15) is 36.9 Å². The number of hydrogen-bond acceptors (Lipinski definition) is 1. The van der Waals surface area contributed by atoms with Crippen LogP contribution in [0.25, 0.3) is 0 Å². The van der Waals surface area contributed by atoms with Crippen LogP contribution in [0.4, 0.5) is 0 Å². The minimum atomic E-state index is 0.0824. The lowest BCUT2D eigenvalue weighted by Crippen LogP contribution is -2.11. The second kappa shape index (κ2) is 5.34. The average Bonchev–Trinajstić information content (AvgIpc) is 2.14. The third-order valence-electron chi connectivity index (χ3n) is 2.51. The Morgan fingerprint density at radius 2 is 2.20 bits per heavy atom. The zero-order chi connectivity index (χ0) is 11.4. The largest absolute Gasteiger partial charge is 0.324 e. The van der Waals surface area contributed by atoms with E-state index in [4.69, 9.17) is 17.3 Å². The van der Waals surface area contributed by atoms with Crippen LogP contribution in [-0.4, -0.2) is 0 Å². The Morgan fingerprint density at radius 1 is 1.53 bits per heavy atom. The van der Waals surface area contributed by atoms with E-state index in [0.717, 1.165) is 23.4 Å². The number of hydrogen-bond donors (Lipinski definition) is 1. The molecule has 0 aliphatic heterocycles. The van der Waals surface area contributed by atoms with Crippen LogP contribution in [-0.2, 0) is 0 Å². The Morgan fingerprint density at radius 3 is 2.73 bits per heavy atom. The minimum Gasteiger partial charge on any atom is -0.324 e. The van der Waals surface area contributed by atoms with Gasteiger partial charge < -0.3 is 5.73 Å². The fraction of sp³-hybridized carbons (Fsp3) is 0.385. The Labute approximate surface area is 96.9 Å². The van der Waals surface area contributed by atoms with E-state index in [0.29, 0.717) is 0 Å². The first-order valence-electron chi connectivity index (χ1n) is 5.16. The molecule has 0 aliphatic carbocycles. The van der Waals surface area contributed by atoms with E-state index in [-0.39, 0.29) is 6.04 Å². The van der Waals surface area contributed by atoms with Crippen LogP contribution in [0.2, 0.25) is 5.02 Å². The van der Waals surface area contributed by atoms with Crippen LogP contribution in [0.3, 0.4) is 0 Å². The summed E-state index contributed by atoms with van der Waals surface area (Å²) in [5, 5.41) is 0.767. The van der Waals surface area contributed by atoms with Gasteiger partial charge in [0, 0.05) is 11.1 Å². The molecule has 0 saturated heterocycles. The maximum Gasteiger partial charge on any atom is 0.0408 e. The molecule has 1 aromatic carbocycles. The van der Waals surface area contributed by atoms with E-state index in [1.165, 1.54) is 11.1 Å². The molecule has 1 nitrogen and oxygen atoms in total. The topological polar surface area (TPSA) is 26.0 Å². The predicted octanol–water partition coefficient (Wildman–Crippen LogP) is 4.00. The molecular weight excluding hydrogens is 206 g/mol. The van der Waals surface area contributed by atoms with Crippen LogP contribution in [0, 0.1) is 6.92 Å². The number of allylic oxidation sites excluding steroid dienone is 1. The molecule has 0 saturated carbocycles. The van der Waals surface area contributed by atoms with Crippen molar-refractivity contribution in [3.05, 3.63) is 46.5 Å². The van der Waals surface area contributed by atoms with Crippen LogP contribution in [0.5, 0.6) is 0 Å². The lowest BCUT2D eigenvalue weighted by atomic mass is 9.97. The Bertz CT molecular complexity index is 358. The highest BCUT2D eigenvalue weighted by Gasteiger charge is 2.08. The third-order valence-corrected chi connectivity index (χ3v) is 2.75. The SMILES string of the molecule is C=C(C)CCC(N)c1ccc(Cl)cc1C. The highest BCUT2D eigenvalue weighted by Crippen LogP contribution is 2.23. The number of aryl methyl sites for hydroxylation is 1. The summed E-state index contributed by atoms with van der Waals surface area (Å²) in [5.41, 5.74) is 9.63. The monoisotopic (exact) mass is 223 g/mol. The summed E-state index contributed by atoms with van der Waals surface area (Å²) >= 11 is 5.89. The molecule has 0 aliphatic rings. The van der Waals surface area contributed by atoms with Crippen molar-refractivity contribution in [2.75, 3.05) is 0 Å². The van der Waals surface area contributed by atoms with E-state index in [2.05, 4.69) is 6.58 Å². The summed E-state index contributed by atoms with van der Waals surface area (Å²) in [5.74, 6) is 0. The second-order valence-corrected chi connectivity index (χ2v) is 4.54. The van der Waals surface area contributed by atoms with Gasteiger partial charge in [-0.15, -0.1) is 6.58 Å². The van der Waals surface area contributed by atoms with Gasteiger partial charge >= 0.3 is 0 Å². The van der Waals surface area contributed by atoms with Crippen LogP contribution < -0.4 is 5.73 Å². The molecule has 1 aromatic rings. The molecule has 0 radical (unpaired) electrons. The van der Waals surface area contributed by atoms with Crippen molar-refractivity contribution in [2.24, 2.45) is 5.73 Å². The number of benzene rings is 1. The van der Waals surface area contributed by atoms with E-state index in [9.17, 15) is 0 Å². The smallest absolute Gasteiger partial charge is 0.0408 e. The van der Waals surface area contributed by atoms with E-state index in [1.807, 2.05) is 32.0 Å². The summed E-state index contributed by atoms with van der Waals surface area (Å²) in [7, 11) is 0. The second-order valence-electron chi connectivity index (χ2n) is 4.10. The van der Waals surface area contributed by atoms with Crippen molar-refractivity contribution in [3.8, 4) is 0 Å². The molecule has 2 N–H and O–H groups in total. The highest BCUT2D eigenvalue weighted by atomic mass is 35.5. The molecule has 0 heterocycles. The summed E-state index contributed by atoms with van der Waals surface area (Å²) in [6, 6.07) is 5.95. The van der Waals surface area contributed by atoms with E-state index >= 15 is 0 Å². The quantitative estimate of drug-likeness (QED) is 0.768. The molecule has 0 aromatic heterocycles. The predicted molar refractivity (Wildman–Crippen MR) is 67.2 cm³/mol. The van der Waals surface area contributed by atoms with Gasteiger partial charge in [-0.3, -0.25) is 0 Å². The summed E-state index contributed by atoms with van der Waals surface area (Å²) in [6.45, 7) is 7.95. The molecule has 2 heteroatoms. The molecule has 15 heavy (non-hydrogen) atoms. The molecule has 0 bridgehead atoms. The van der Waals surface area contributed by atoms with Gasteiger partial charge in [0.05, 0.1) is 0 Å². The van der Waals surface area contributed by atoms with Gasteiger partial charge in [0.1, 0.15) is 0 Å². The van der Waals surface area contributed by atoms with Crippen molar-refractivity contribution in [1.82, 2.24) is 0 Å². The maximum absolute atomic E-state index is 6.11. The van der Waals surface area contributed by atoms with E-state index in [1.54, 1.807) is 0 Å². The van der Waals surface area contributed by atoms with Gasteiger partial charge in [0.25, 0.3) is 0 Å². The molecule has 0 amide bonds. The van der Waals surface area contributed by atoms with Gasteiger partial charge in [-0.1, -0.05) is 23.2 Å². The highest BCUT2D eigenvalue weighted by molar-refractivity contribution is 6.30. The van der Waals surface area contributed by atoms with Crippen molar-refractivity contribution in [1.29, 1.82) is 0 Å². The Kier molecular flexibility index (Phi) is 4.37. The van der Waals surface area contributed by atoms with Crippen molar-refractivity contribution < 1.29 is 0 Å². The van der Waals surface area contributed by atoms with Gasteiger partial charge in [0.15, 0.2) is 0 Å². The first kappa shape index (κ1) is 12.3. The van der Waals surface area contributed by atoms with E-state index < -0.39 is 0 Å². The average molecular weight is 224 g/mol. The van der Waals surface area contributed by atoms with Crippen LogP contribution in [0.15, 0.2) is 30.4 Å². The first-order chi connectivity index (χ1) is 7.00. The standard InChI is InChI=1S/C13H18ClN/c1-9(2)4-7-13(15)12-6-5-11(14)8-10(12)3/h5-6,8,13H,1,4,7,15H2,2-3H3. The molecule has 82 valence electrons. The zero-order valence-corrected chi connectivity index (χ0v) is 10.1. The zero-order valence-electron chi connectivity index (χ0n) is 9.39. The lowest BCUT2D eigenvalue weighted by molar-refractivity contribution is 0.646. The first-order valence-corrected chi connectivity index (χ1v) is 5.54. The Balaban J connectivity index is 2.73. The fourth-order valence-electron chi connectivity index (χ4n) is 1.61. The molecular formula is C13H18ClN. The molecule has 1 rings (SSSR count). The molecule has 1 unspecified atom stereocenters. The molecule has 1 atom stereocenters. The van der Waals surface area contributed by atoms with Gasteiger partial charge in [-0.25, -0.2) is 0 Å².